The summed E-state index contributed by atoms with van der Waals surface area (Å²) in [4.78, 5) is 2.48. The zero-order valence-electron chi connectivity index (χ0n) is 8.80. The van der Waals surface area contributed by atoms with Gasteiger partial charge >= 0.3 is 0 Å². The first kappa shape index (κ1) is 10.0. The van der Waals surface area contributed by atoms with Gasteiger partial charge in [0, 0.05) is 18.6 Å². The van der Waals surface area contributed by atoms with Gasteiger partial charge in [0.05, 0.1) is 0 Å². The predicted octanol–water partition coefficient (Wildman–Crippen LogP) is 1.32. The van der Waals surface area contributed by atoms with E-state index in [4.69, 9.17) is 0 Å². The van der Waals surface area contributed by atoms with Crippen LogP contribution in [0.1, 0.15) is 27.2 Å². The van der Waals surface area contributed by atoms with Crippen LogP contribution in [0.4, 0.5) is 0 Å². The van der Waals surface area contributed by atoms with Crippen LogP contribution in [0.25, 0.3) is 0 Å². The summed E-state index contributed by atoms with van der Waals surface area (Å²) < 4.78 is 0. The highest BCUT2D eigenvalue weighted by Gasteiger charge is 2.25. The van der Waals surface area contributed by atoms with Gasteiger partial charge in [0.15, 0.2) is 0 Å². The summed E-state index contributed by atoms with van der Waals surface area (Å²) in [6.07, 6.45) is 1.32. The lowest BCUT2D eigenvalue weighted by atomic mass is 9.93. The minimum atomic E-state index is 0.664. The predicted molar refractivity (Wildman–Crippen MR) is 53.3 cm³/mol. The van der Waals surface area contributed by atoms with E-state index in [1.807, 2.05) is 0 Å². The van der Waals surface area contributed by atoms with Crippen molar-refractivity contribution in [1.82, 2.24) is 10.2 Å². The van der Waals surface area contributed by atoms with Crippen LogP contribution in [0.3, 0.4) is 0 Å². The Kier molecular flexibility index (Phi) is 3.53. The van der Waals surface area contributed by atoms with E-state index in [0.717, 1.165) is 18.5 Å². The Morgan fingerprint density at radius 3 is 2.58 bits per heavy atom. The van der Waals surface area contributed by atoms with Crippen molar-refractivity contribution < 1.29 is 0 Å². The first-order chi connectivity index (χ1) is 5.63. The SMILES string of the molecule is CC1CCNCC1N(C)C(C)C. The van der Waals surface area contributed by atoms with E-state index < -0.39 is 0 Å². The molecule has 0 aliphatic carbocycles. The molecule has 2 heteroatoms. The second kappa shape index (κ2) is 4.24. The Morgan fingerprint density at radius 2 is 2.08 bits per heavy atom. The molecule has 0 aromatic carbocycles. The molecule has 1 fully saturated rings. The molecule has 0 aromatic rings. The summed E-state index contributed by atoms with van der Waals surface area (Å²) in [7, 11) is 2.23. The van der Waals surface area contributed by atoms with Crippen LogP contribution in [0.15, 0.2) is 0 Å². The van der Waals surface area contributed by atoms with Crippen molar-refractivity contribution in [1.29, 1.82) is 0 Å². The Labute approximate surface area is 76.3 Å². The standard InChI is InChI=1S/C10H22N2/c1-8(2)12(4)10-7-11-6-5-9(10)3/h8-11H,5-7H2,1-4H3. The number of piperidine rings is 1. The maximum Gasteiger partial charge on any atom is 0.0246 e. The van der Waals surface area contributed by atoms with Gasteiger partial charge in [-0.05, 0) is 39.8 Å². The zero-order chi connectivity index (χ0) is 9.14. The number of nitrogens with zero attached hydrogens (tertiary/aromatic N) is 1. The third-order valence-electron chi connectivity index (χ3n) is 3.12. The van der Waals surface area contributed by atoms with E-state index in [1.54, 1.807) is 0 Å². The number of nitrogens with one attached hydrogen (secondary N) is 1. The molecule has 1 N–H and O–H groups in total. The highest BCUT2D eigenvalue weighted by molar-refractivity contribution is 4.83. The normalized spacial score (nSPS) is 31.5. The quantitative estimate of drug-likeness (QED) is 0.672. The fraction of sp³-hybridized carbons (Fsp3) is 1.00. The van der Waals surface area contributed by atoms with E-state index in [1.165, 1.54) is 13.0 Å². The van der Waals surface area contributed by atoms with Crippen LogP contribution >= 0.6 is 0 Å². The Morgan fingerprint density at radius 1 is 1.42 bits per heavy atom. The summed E-state index contributed by atoms with van der Waals surface area (Å²) in [5.41, 5.74) is 0. The smallest absolute Gasteiger partial charge is 0.0246 e. The van der Waals surface area contributed by atoms with Crippen LogP contribution in [0.2, 0.25) is 0 Å². The number of hydrogen-bond acceptors (Lipinski definition) is 2. The van der Waals surface area contributed by atoms with E-state index in [2.05, 4.69) is 38.0 Å². The average Bonchev–Trinajstić information content (AvgIpc) is 2.04. The largest absolute Gasteiger partial charge is 0.315 e. The number of rotatable bonds is 2. The van der Waals surface area contributed by atoms with Crippen molar-refractivity contribution in [3.05, 3.63) is 0 Å². The van der Waals surface area contributed by atoms with Crippen LogP contribution in [-0.2, 0) is 0 Å². The molecular weight excluding hydrogens is 148 g/mol. The number of hydrogen-bond donors (Lipinski definition) is 1. The highest BCUT2D eigenvalue weighted by atomic mass is 15.2. The molecule has 2 unspecified atom stereocenters. The maximum absolute atomic E-state index is 3.46. The van der Waals surface area contributed by atoms with Gasteiger partial charge in [0.2, 0.25) is 0 Å². The van der Waals surface area contributed by atoms with Gasteiger partial charge in [0.1, 0.15) is 0 Å². The van der Waals surface area contributed by atoms with Crippen LogP contribution < -0.4 is 5.32 Å². The van der Waals surface area contributed by atoms with Crippen molar-refractivity contribution in [2.24, 2.45) is 5.92 Å². The number of likely N-dealkylation sites (N-methyl/N-ethyl adjacent to an activating group) is 1. The van der Waals surface area contributed by atoms with Crippen molar-refractivity contribution in [3.63, 3.8) is 0 Å². The fourth-order valence-corrected chi connectivity index (χ4v) is 1.90. The molecule has 0 radical (unpaired) electrons. The summed E-state index contributed by atoms with van der Waals surface area (Å²) in [6.45, 7) is 9.26. The van der Waals surface area contributed by atoms with E-state index in [0.29, 0.717) is 6.04 Å². The van der Waals surface area contributed by atoms with E-state index in [9.17, 15) is 0 Å². The molecule has 0 saturated carbocycles. The van der Waals surface area contributed by atoms with Crippen molar-refractivity contribution in [3.8, 4) is 0 Å². The second-order valence-electron chi connectivity index (χ2n) is 4.30. The maximum atomic E-state index is 3.46. The Hall–Kier alpha value is -0.0800. The Balaban J connectivity index is 2.47. The van der Waals surface area contributed by atoms with Crippen LogP contribution in [-0.4, -0.2) is 37.1 Å². The monoisotopic (exact) mass is 170 g/mol. The molecule has 0 bridgehead atoms. The minimum Gasteiger partial charge on any atom is -0.315 e. The molecule has 1 aliphatic heterocycles. The van der Waals surface area contributed by atoms with Crippen molar-refractivity contribution >= 4 is 0 Å². The molecule has 1 rings (SSSR count). The minimum absolute atomic E-state index is 0.664. The highest BCUT2D eigenvalue weighted by Crippen LogP contribution is 2.17. The average molecular weight is 170 g/mol. The summed E-state index contributed by atoms with van der Waals surface area (Å²) in [5.74, 6) is 0.846. The molecule has 2 atom stereocenters. The molecular formula is C10H22N2. The first-order valence-electron chi connectivity index (χ1n) is 5.05. The molecule has 0 aromatic heterocycles. The lowest BCUT2D eigenvalue weighted by molar-refractivity contribution is 0.121. The third kappa shape index (κ3) is 2.20. The molecule has 12 heavy (non-hydrogen) atoms. The topological polar surface area (TPSA) is 15.3 Å². The molecule has 72 valence electrons. The lowest BCUT2D eigenvalue weighted by Crippen LogP contribution is -2.51. The summed E-state index contributed by atoms with van der Waals surface area (Å²) in [5, 5.41) is 3.46. The summed E-state index contributed by atoms with van der Waals surface area (Å²) >= 11 is 0. The zero-order valence-corrected chi connectivity index (χ0v) is 8.80. The molecule has 0 amide bonds. The van der Waals surface area contributed by atoms with Crippen LogP contribution in [0.5, 0.6) is 0 Å². The molecule has 1 heterocycles. The van der Waals surface area contributed by atoms with Gasteiger partial charge in [0.25, 0.3) is 0 Å². The first-order valence-corrected chi connectivity index (χ1v) is 5.05. The van der Waals surface area contributed by atoms with Crippen molar-refractivity contribution in [2.45, 2.75) is 39.3 Å². The van der Waals surface area contributed by atoms with Gasteiger partial charge in [-0.1, -0.05) is 6.92 Å². The molecule has 2 nitrogen and oxygen atoms in total. The van der Waals surface area contributed by atoms with Gasteiger partial charge in [-0.3, -0.25) is 4.90 Å². The van der Waals surface area contributed by atoms with Gasteiger partial charge < -0.3 is 5.32 Å². The van der Waals surface area contributed by atoms with Gasteiger partial charge in [-0.25, -0.2) is 0 Å². The lowest BCUT2D eigenvalue weighted by Gasteiger charge is -2.38. The molecule has 0 spiro atoms. The fourth-order valence-electron chi connectivity index (χ4n) is 1.90. The second-order valence-corrected chi connectivity index (χ2v) is 4.30. The van der Waals surface area contributed by atoms with E-state index in [-0.39, 0.29) is 0 Å². The molecule has 1 aliphatic rings. The Bertz CT molecular complexity index is 134. The summed E-state index contributed by atoms with van der Waals surface area (Å²) in [6, 6.07) is 1.40. The third-order valence-corrected chi connectivity index (χ3v) is 3.12. The molecule has 1 saturated heterocycles. The van der Waals surface area contributed by atoms with Gasteiger partial charge in [-0.2, -0.15) is 0 Å². The van der Waals surface area contributed by atoms with Crippen LogP contribution in [0, 0.1) is 5.92 Å². The van der Waals surface area contributed by atoms with Gasteiger partial charge in [-0.15, -0.1) is 0 Å². The van der Waals surface area contributed by atoms with Crippen molar-refractivity contribution in [2.75, 3.05) is 20.1 Å². The van der Waals surface area contributed by atoms with E-state index >= 15 is 0 Å².